The van der Waals surface area contributed by atoms with Gasteiger partial charge in [-0.05, 0) is 114 Å². The van der Waals surface area contributed by atoms with Crippen molar-refractivity contribution in [3.63, 3.8) is 0 Å². The van der Waals surface area contributed by atoms with Crippen molar-refractivity contribution in [2.75, 3.05) is 44.3 Å². The highest BCUT2D eigenvalue weighted by atomic mass is 35.5. The molecule has 2 amide bonds. The lowest BCUT2D eigenvalue weighted by Crippen LogP contribution is -2.48. The first-order valence-corrected chi connectivity index (χ1v) is 16.7. The molecule has 0 radical (unpaired) electrons. The van der Waals surface area contributed by atoms with Crippen LogP contribution in [0.2, 0.25) is 5.02 Å². The van der Waals surface area contributed by atoms with E-state index in [0.717, 1.165) is 30.9 Å². The zero-order valence-electron chi connectivity index (χ0n) is 24.3. The fraction of sp³-hybridized carbons (Fsp3) is 0.531. The van der Waals surface area contributed by atoms with Crippen LogP contribution in [0.25, 0.3) is 11.6 Å². The zero-order chi connectivity index (χ0) is 29.1. The number of nitrogens with one attached hydrogen (secondary N) is 3. The second kappa shape index (κ2) is 13.5. The lowest BCUT2D eigenvalue weighted by Gasteiger charge is -2.39. The van der Waals surface area contributed by atoms with Gasteiger partial charge in [-0.25, -0.2) is 4.31 Å². The SMILES string of the molecule is CNCCCN1CCC(CSN2C3CC[C@@H]2CC(NC(=O)c2cc4c(cc2Cl)NC(=O)/C4=C\c2cccnc2)C3)CC1. The van der Waals surface area contributed by atoms with Crippen LogP contribution in [0.4, 0.5) is 5.69 Å². The summed E-state index contributed by atoms with van der Waals surface area (Å²) in [5.74, 6) is 1.63. The van der Waals surface area contributed by atoms with Gasteiger partial charge in [0.15, 0.2) is 0 Å². The van der Waals surface area contributed by atoms with E-state index >= 15 is 0 Å². The van der Waals surface area contributed by atoms with E-state index in [1.165, 1.54) is 57.5 Å². The predicted molar refractivity (Wildman–Crippen MR) is 171 cm³/mol. The maximum absolute atomic E-state index is 13.5. The molecule has 5 heterocycles. The number of amides is 2. The number of pyridine rings is 1. The molecule has 224 valence electrons. The van der Waals surface area contributed by atoms with E-state index in [-0.39, 0.29) is 17.9 Å². The minimum absolute atomic E-state index is 0.127. The van der Waals surface area contributed by atoms with Crippen molar-refractivity contribution in [1.29, 1.82) is 0 Å². The summed E-state index contributed by atoms with van der Waals surface area (Å²) in [7, 11) is 2.03. The summed E-state index contributed by atoms with van der Waals surface area (Å²) in [6.45, 7) is 4.76. The number of benzene rings is 1. The lowest BCUT2D eigenvalue weighted by atomic mass is 9.98. The van der Waals surface area contributed by atoms with E-state index in [1.807, 2.05) is 19.2 Å². The highest BCUT2D eigenvalue weighted by molar-refractivity contribution is 7.97. The van der Waals surface area contributed by atoms with E-state index in [2.05, 4.69) is 42.1 Å². The highest BCUT2D eigenvalue weighted by Crippen LogP contribution is 2.42. The summed E-state index contributed by atoms with van der Waals surface area (Å²) < 4.78 is 2.66. The van der Waals surface area contributed by atoms with Crippen LogP contribution in [0.1, 0.15) is 66.4 Å². The number of aromatic nitrogens is 1. The molecular weight excluding hydrogens is 568 g/mol. The summed E-state index contributed by atoms with van der Waals surface area (Å²) in [6, 6.07) is 8.29. The van der Waals surface area contributed by atoms with Crippen LogP contribution in [0.3, 0.4) is 0 Å². The Morgan fingerprint density at radius 1 is 1.19 bits per heavy atom. The van der Waals surface area contributed by atoms with Gasteiger partial charge in [-0.15, -0.1) is 0 Å². The monoisotopic (exact) mass is 608 g/mol. The molecule has 3 saturated heterocycles. The minimum Gasteiger partial charge on any atom is -0.349 e. The molecule has 1 aromatic carbocycles. The Morgan fingerprint density at radius 3 is 2.69 bits per heavy atom. The summed E-state index contributed by atoms with van der Waals surface area (Å²) >= 11 is 8.63. The molecule has 42 heavy (non-hydrogen) atoms. The minimum atomic E-state index is -0.209. The molecule has 2 bridgehead atoms. The number of hydrogen-bond donors (Lipinski definition) is 3. The molecular formula is C32H41ClN6O2S. The molecule has 0 saturated carbocycles. The number of fused-ring (bicyclic) bond motifs is 3. The van der Waals surface area contributed by atoms with Crippen LogP contribution in [-0.4, -0.2) is 83.1 Å². The van der Waals surface area contributed by atoms with Gasteiger partial charge < -0.3 is 20.9 Å². The Morgan fingerprint density at radius 2 is 1.98 bits per heavy atom. The number of rotatable bonds is 10. The van der Waals surface area contributed by atoms with E-state index in [4.69, 9.17) is 11.6 Å². The predicted octanol–water partition coefficient (Wildman–Crippen LogP) is 4.92. The van der Waals surface area contributed by atoms with Crippen molar-refractivity contribution in [2.24, 2.45) is 5.92 Å². The smallest absolute Gasteiger partial charge is 0.256 e. The quantitative estimate of drug-likeness (QED) is 0.200. The van der Waals surface area contributed by atoms with Crippen molar-refractivity contribution < 1.29 is 9.59 Å². The molecule has 8 nitrogen and oxygen atoms in total. The Balaban J connectivity index is 1.04. The van der Waals surface area contributed by atoms with Crippen molar-refractivity contribution in [2.45, 2.75) is 63.1 Å². The molecule has 4 aliphatic rings. The Kier molecular flexibility index (Phi) is 9.51. The highest BCUT2D eigenvalue weighted by Gasteiger charge is 2.42. The first kappa shape index (κ1) is 29.6. The Labute approximate surface area is 258 Å². The average molecular weight is 609 g/mol. The van der Waals surface area contributed by atoms with Gasteiger partial charge in [0.25, 0.3) is 11.8 Å². The van der Waals surface area contributed by atoms with Crippen LogP contribution in [0.5, 0.6) is 0 Å². The van der Waals surface area contributed by atoms with Crippen molar-refractivity contribution >= 4 is 52.7 Å². The Bertz CT molecular complexity index is 1300. The van der Waals surface area contributed by atoms with Gasteiger partial charge in [0.05, 0.1) is 16.3 Å². The summed E-state index contributed by atoms with van der Waals surface area (Å²) in [6.07, 6.45) is 13.4. The number of carbonyl (C=O) groups excluding carboxylic acids is 2. The van der Waals surface area contributed by atoms with Crippen LogP contribution in [0.15, 0.2) is 36.7 Å². The number of carbonyl (C=O) groups is 2. The van der Waals surface area contributed by atoms with Crippen molar-refractivity contribution in [3.8, 4) is 0 Å². The first-order valence-electron chi connectivity index (χ1n) is 15.3. The van der Waals surface area contributed by atoms with Crippen LogP contribution in [0, 0.1) is 5.92 Å². The molecule has 3 atom stereocenters. The molecule has 3 N–H and O–H groups in total. The third-order valence-corrected chi connectivity index (χ3v) is 11.0. The van der Waals surface area contributed by atoms with Gasteiger partial charge in [0.1, 0.15) is 0 Å². The van der Waals surface area contributed by atoms with Crippen LogP contribution in [-0.2, 0) is 4.79 Å². The summed E-state index contributed by atoms with van der Waals surface area (Å²) in [4.78, 5) is 33.0. The van der Waals surface area contributed by atoms with E-state index < -0.39 is 0 Å². The third-order valence-electron chi connectivity index (χ3n) is 9.20. The number of anilines is 1. The number of nitrogens with zero attached hydrogens (tertiary/aromatic N) is 3. The molecule has 10 heteroatoms. The van der Waals surface area contributed by atoms with Gasteiger partial charge in [0, 0.05) is 47.4 Å². The second-order valence-electron chi connectivity index (χ2n) is 12.1. The second-order valence-corrected chi connectivity index (χ2v) is 13.5. The molecule has 0 spiro atoms. The van der Waals surface area contributed by atoms with Gasteiger partial charge in [-0.2, -0.15) is 0 Å². The average Bonchev–Trinajstić information content (AvgIpc) is 3.42. The molecule has 2 unspecified atom stereocenters. The standard InChI is InChI=1S/C32H41ClN6O2S/c1-34-9-3-11-38-12-7-21(8-13-38)20-42-39-24-5-6-25(39)16-23(15-24)36-32(41)28-17-26-27(14-22-4-2-10-35-19-22)31(40)37-30(26)18-29(28)33/h2,4,10,14,17-19,21,23-25,34H,3,5-9,11-13,15-16,20H2,1H3,(H,36,41)(H,37,40)/b27-14-/t23?,24-,25?/m1/s1. The zero-order valence-corrected chi connectivity index (χ0v) is 25.9. The molecule has 1 aromatic heterocycles. The van der Waals surface area contributed by atoms with E-state index in [0.29, 0.717) is 39.5 Å². The number of hydrogen-bond acceptors (Lipinski definition) is 7. The molecule has 0 aliphatic carbocycles. The van der Waals surface area contributed by atoms with Crippen LogP contribution < -0.4 is 16.0 Å². The fourth-order valence-corrected chi connectivity index (χ4v) is 8.70. The largest absolute Gasteiger partial charge is 0.349 e. The van der Waals surface area contributed by atoms with Crippen molar-refractivity contribution in [1.82, 2.24) is 24.8 Å². The van der Waals surface area contributed by atoms with E-state index in [9.17, 15) is 9.59 Å². The van der Waals surface area contributed by atoms with Gasteiger partial charge in [0.2, 0.25) is 0 Å². The lowest BCUT2D eigenvalue weighted by molar-refractivity contribution is -0.110. The summed E-state index contributed by atoms with van der Waals surface area (Å²) in [5, 5.41) is 9.76. The maximum atomic E-state index is 13.5. The van der Waals surface area contributed by atoms with Gasteiger partial charge in [-0.3, -0.25) is 14.6 Å². The topological polar surface area (TPSA) is 89.6 Å². The van der Waals surface area contributed by atoms with Gasteiger partial charge >= 0.3 is 0 Å². The van der Waals surface area contributed by atoms with Gasteiger partial charge in [-0.1, -0.05) is 29.6 Å². The third kappa shape index (κ3) is 6.70. The van der Waals surface area contributed by atoms with Crippen molar-refractivity contribution in [3.05, 3.63) is 58.4 Å². The Hall–Kier alpha value is -2.43. The van der Waals surface area contributed by atoms with E-state index in [1.54, 1.807) is 30.6 Å². The molecule has 3 fully saturated rings. The molecule has 2 aromatic rings. The molecule has 6 rings (SSSR count). The number of likely N-dealkylation sites (tertiary alicyclic amines) is 1. The molecule has 4 aliphatic heterocycles. The fourth-order valence-electron chi connectivity index (χ4n) is 6.93. The summed E-state index contributed by atoms with van der Waals surface area (Å²) in [5.41, 5.74) is 3.05. The maximum Gasteiger partial charge on any atom is 0.256 e. The number of halogens is 1. The number of piperidine rings is 2. The van der Waals surface area contributed by atoms with Crippen LogP contribution >= 0.6 is 23.5 Å². The normalized spacial score (nSPS) is 25.5. The first-order chi connectivity index (χ1) is 20.5.